The second kappa shape index (κ2) is 4.56. The number of aryl methyl sites for hydroxylation is 1. The fraction of sp³-hybridized carbons (Fsp3) is 0.143. The van der Waals surface area contributed by atoms with Gasteiger partial charge >= 0.3 is 0 Å². The molecule has 0 fully saturated rings. The quantitative estimate of drug-likeness (QED) is 0.825. The van der Waals surface area contributed by atoms with E-state index in [0.717, 1.165) is 12.1 Å². The maximum atomic E-state index is 12.0. The van der Waals surface area contributed by atoms with Crippen molar-refractivity contribution in [2.45, 2.75) is 11.8 Å². The van der Waals surface area contributed by atoms with Crippen molar-refractivity contribution in [1.29, 1.82) is 0 Å². The molecular weight excluding hydrogens is 290 g/mol. The molecular formula is C14H13N3O3S. The number of nitrogens with zero attached hydrogens (tertiary/aromatic N) is 1. The van der Waals surface area contributed by atoms with E-state index in [9.17, 15) is 13.2 Å². The van der Waals surface area contributed by atoms with Crippen molar-refractivity contribution in [3.05, 3.63) is 41.5 Å². The highest BCUT2D eigenvalue weighted by molar-refractivity contribution is 7.90. The first-order chi connectivity index (χ1) is 9.84. The molecule has 6 nitrogen and oxygen atoms in total. The Morgan fingerprint density at radius 1 is 1.29 bits per heavy atom. The third-order valence-electron chi connectivity index (χ3n) is 3.22. The molecule has 108 valence electrons. The molecule has 2 heterocycles. The summed E-state index contributed by atoms with van der Waals surface area (Å²) in [5.74, 6) is 0.480. The average Bonchev–Trinajstić information content (AvgIpc) is 2.93. The number of carbonyl (C=O) groups excluding carboxylic acids is 1. The van der Waals surface area contributed by atoms with Crippen molar-refractivity contribution in [1.82, 2.24) is 9.97 Å². The van der Waals surface area contributed by atoms with E-state index in [0.29, 0.717) is 22.5 Å². The lowest BCUT2D eigenvalue weighted by Crippen LogP contribution is -2.03. The van der Waals surface area contributed by atoms with Crippen LogP contribution in [0, 0.1) is 6.92 Å². The molecule has 2 N–H and O–H groups in total. The maximum Gasteiger partial charge on any atom is 0.256 e. The zero-order valence-electron chi connectivity index (χ0n) is 11.5. The van der Waals surface area contributed by atoms with Gasteiger partial charge in [-0.15, -0.1) is 0 Å². The number of imidazole rings is 1. The van der Waals surface area contributed by atoms with Crippen molar-refractivity contribution < 1.29 is 13.2 Å². The van der Waals surface area contributed by atoms with Gasteiger partial charge in [0.05, 0.1) is 22.4 Å². The molecule has 0 saturated heterocycles. The van der Waals surface area contributed by atoms with Gasteiger partial charge in [0, 0.05) is 17.5 Å². The average molecular weight is 303 g/mol. The topological polar surface area (TPSA) is 91.9 Å². The number of hydrogen-bond donors (Lipinski definition) is 2. The van der Waals surface area contributed by atoms with Gasteiger partial charge in [-0.1, -0.05) is 0 Å². The Balaban J connectivity index is 2.14. The van der Waals surface area contributed by atoms with Gasteiger partial charge in [0.25, 0.3) is 5.91 Å². The van der Waals surface area contributed by atoms with E-state index < -0.39 is 9.84 Å². The summed E-state index contributed by atoms with van der Waals surface area (Å²) in [4.78, 5) is 19.3. The van der Waals surface area contributed by atoms with E-state index in [2.05, 4.69) is 15.3 Å². The van der Waals surface area contributed by atoms with Gasteiger partial charge in [0.2, 0.25) is 0 Å². The molecule has 0 atom stereocenters. The fourth-order valence-electron chi connectivity index (χ4n) is 2.21. The van der Waals surface area contributed by atoms with Gasteiger partial charge < -0.3 is 10.3 Å². The molecule has 2 aromatic rings. The van der Waals surface area contributed by atoms with Gasteiger partial charge in [0.1, 0.15) is 5.82 Å². The molecule has 0 spiro atoms. The largest absolute Gasteiger partial charge is 0.343 e. The molecule has 7 heteroatoms. The summed E-state index contributed by atoms with van der Waals surface area (Å²) >= 11 is 0. The Labute approximate surface area is 121 Å². The van der Waals surface area contributed by atoms with E-state index in [-0.39, 0.29) is 10.8 Å². The lowest BCUT2D eigenvalue weighted by Gasteiger charge is -2.02. The van der Waals surface area contributed by atoms with E-state index >= 15 is 0 Å². The van der Waals surface area contributed by atoms with Gasteiger partial charge in [0.15, 0.2) is 9.84 Å². The van der Waals surface area contributed by atoms with Crippen LogP contribution in [0.4, 0.5) is 5.69 Å². The zero-order valence-corrected chi connectivity index (χ0v) is 12.3. The van der Waals surface area contributed by atoms with E-state index in [1.54, 1.807) is 18.3 Å². The van der Waals surface area contributed by atoms with Gasteiger partial charge in [-0.05, 0) is 31.2 Å². The Morgan fingerprint density at radius 3 is 2.67 bits per heavy atom. The molecule has 0 unspecified atom stereocenters. The number of carbonyl (C=O) groups is 1. The Bertz CT molecular complexity index is 879. The molecule has 0 bridgehead atoms. The van der Waals surface area contributed by atoms with Crippen LogP contribution in [0.5, 0.6) is 0 Å². The number of aromatic amines is 1. The van der Waals surface area contributed by atoms with Crippen molar-refractivity contribution in [2.24, 2.45) is 0 Å². The summed E-state index contributed by atoms with van der Waals surface area (Å²) in [5, 5.41) is 2.72. The van der Waals surface area contributed by atoms with Gasteiger partial charge in [-0.2, -0.15) is 0 Å². The van der Waals surface area contributed by atoms with Crippen LogP contribution >= 0.6 is 0 Å². The van der Waals surface area contributed by atoms with Gasteiger partial charge in [-0.3, -0.25) is 4.79 Å². The SMILES string of the molecule is Cc1ncc(/C=C2\C(=O)Nc3ccc(S(C)(=O)=O)cc32)[nH]1. The van der Waals surface area contributed by atoms with Crippen LogP contribution in [0.1, 0.15) is 17.1 Å². The molecule has 0 saturated carbocycles. The van der Waals surface area contributed by atoms with E-state index in [1.165, 1.54) is 12.1 Å². The summed E-state index contributed by atoms with van der Waals surface area (Å²) in [6.07, 6.45) is 4.42. The van der Waals surface area contributed by atoms with Crippen LogP contribution in [0.15, 0.2) is 29.3 Å². The number of sulfone groups is 1. The summed E-state index contributed by atoms with van der Waals surface area (Å²) in [5.41, 5.74) is 2.29. The fourth-order valence-corrected chi connectivity index (χ4v) is 2.86. The van der Waals surface area contributed by atoms with Crippen molar-refractivity contribution in [3.63, 3.8) is 0 Å². The lowest BCUT2D eigenvalue weighted by molar-refractivity contribution is -0.110. The van der Waals surface area contributed by atoms with E-state index in [1.807, 2.05) is 6.92 Å². The van der Waals surface area contributed by atoms with Crippen molar-refractivity contribution in [2.75, 3.05) is 11.6 Å². The normalized spacial score (nSPS) is 16.1. The number of amides is 1. The number of aromatic nitrogens is 2. The van der Waals surface area contributed by atoms with Crippen LogP contribution in [0.25, 0.3) is 11.6 Å². The predicted molar refractivity (Wildman–Crippen MR) is 79.4 cm³/mol. The molecule has 1 amide bonds. The minimum Gasteiger partial charge on any atom is -0.343 e. The number of hydrogen-bond acceptors (Lipinski definition) is 4. The third kappa shape index (κ3) is 2.47. The first-order valence-corrected chi connectivity index (χ1v) is 8.13. The van der Waals surface area contributed by atoms with Crippen LogP contribution < -0.4 is 5.32 Å². The number of H-pyrrole nitrogens is 1. The predicted octanol–water partition coefficient (Wildman–Crippen LogP) is 1.61. The summed E-state index contributed by atoms with van der Waals surface area (Å²) < 4.78 is 23.3. The second-order valence-electron chi connectivity index (χ2n) is 4.92. The molecule has 0 aliphatic carbocycles. The maximum absolute atomic E-state index is 12.0. The number of rotatable bonds is 2. The summed E-state index contributed by atoms with van der Waals surface area (Å²) in [7, 11) is -3.32. The van der Waals surface area contributed by atoms with Crippen LogP contribution in [-0.4, -0.2) is 30.5 Å². The third-order valence-corrected chi connectivity index (χ3v) is 4.33. The molecule has 0 radical (unpaired) electrons. The van der Waals surface area contributed by atoms with Gasteiger partial charge in [-0.25, -0.2) is 13.4 Å². The summed E-state index contributed by atoms with van der Waals surface area (Å²) in [6, 6.07) is 4.60. The monoisotopic (exact) mass is 303 g/mol. The van der Waals surface area contributed by atoms with Crippen molar-refractivity contribution in [3.8, 4) is 0 Å². The first-order valence-electron chi connectivity index (χ1n) is 6.24. The number of nitrogens with one attached hydrogen (secondary N) is 2. The standard InChI is InChI=1S/C14H13N3O3S/c1-8-15-7-9(16-8)5-12-11-6-10(21(2,19)20)3-4-13(11)17-14(12)18/h3-7H,1-2H3,(H,15,16)(H,17,18)/b12-5-. The highest BCUT2D eigenvalue weighted by atomic mass is 32.2. The Hall–Kier alpha value is -2.41. The van der Waals surface area contributed by atoms with Crippen LogP contribution in [0.3, 0.4) is 0 Å². The van der Waals surface area contributed by atoms with Crippen molar-refractivity contribution >= 4 is 33.1 Å². The Kier molecular flexibility index (Phi) is 2.94. The molecule has 1 aromatic carbocycles. The molecule has 1 aliphatic rings. The smallest absolute Gasteiger partial charge is 0.256 e. The minimum absolute atomic E-state index is 0.185. The highest BCUT2D eigenvalue weighted by Gasteiger charge is 2.25. The molecule has 3 rings (SSSR count). The van der Waals surface area contributed by atoms with Crippen LogP contribution in [0.2, 0.25) is 0 Å². The molecule has 21 heavy (non-hydrogen) atoms. The highest BCUT2D eigenvalue weighted by Crippen LogP contribution is 2.34. The summed E-state index contributed by atoms with van der Waals surface area (Å²) in [6.45, 7) is 1.81. The zero-order chi connectivity index (χ0) is 15.2. The molecule has 1 aliphatic heterocycles. The number of benzene rings is 1. The molecule has 1 aromatic heterocycles. The number of anilines is 1. The Morgan fingerprint density at radius 2 is 2.05 bits per heavy atom. The lowest BCUT2D eigenvalue weighted by atomic mass is 10.1. The van der Waals surface area contributed by atoms with E-state index in [4.69, 9.17) is 0 Å². The minimum atomic E-state index is -3.32. The first kappa shape index (κ1) is 13.6. The second-order valence-corrected chi connectivity index (χ2v) is 6.93. The van der Waals surface area contributed by atoms with Crippen LogP contribution in [-0.2, 0) is 14.6 Å². The number of fused-ring (bicyclic) bond motifs is 1.